The Hall–Kier alpha value is -1.55. The monoisotopic (exact) mass is 435 g/mol. The average molecular weight is 437 g/mol. The van der Waals surface area contributed by atoms with Crippen molar-refractivity contribution in [2.24, 2.45) is 0 Å². The molecule has 0 unspecified atom stereocenters. The van der Waals surface area contributed by atoms with Crippen LogP contribution in [0.15, 0.2) is 27.7 Å². The summed E-state index contributed by atoms with van der Waals surface area (Å²) in [5, 5.41) is 13.4. The maximum atomic E-state index is 12.2. The van der Waals surface area contributed by atoms with Crippen LogP contribution in [0.2, 0.25) is 5.02 Å². The summed E-state index contributed by atoms with van der Waals surface area (Å²) in [5.41, 5.74) is 4.42. The minimum absolute atomic E-state index is 0.173. The van der Waals surface area contributed by atoms with Crippen molar-refractivity contribution < 1.29 is 4.79 Å². The van der Waals surface area contributed by atoms with Gasteiger partial charge < -0.3 is 5.32 Å². The number of halogens is 2. The van der Waals surface area contributed by atoms with Crippen molar-refractivity contribution in [3.8, 4) is 6.07 Å². The van der Waals surface area contributed by atoms with Gasteiger partial charge in [0.1, 0.15) is 11.1 Å². The van der Waals surface area contributed by atoms with Gasteiger partial charge in [-0.1, -0.05) is 39.3 Å². The van der Waals surface area contributed by atoms with E-state index >= 15 is 0 Å². The number of carbonyl (C=O) groups is 1. The van der Waals surface area contributed by atoms with Gasteiger partial charge in [0.2, 0.25) is 5.91 Å². The zero-order valence-corrected chi connectivity index (χ0v) is 16.7. The smallest absolute Gasteiger partial charge is 0.234 e. The summed E-state index contributed by atoms with van der Waals surface area (Å²) in [4.78, 5) is 16.8. The second kappa shape index (κ2) is 7.77. The number of pyridine rings is 1. The van der Waals surface area contributed by atoms with Crippen molar-refractivity contribution in [1.82, 2.24) is 4.98 Å². The molecule has 0 saturated heterocycles. The van der Waals surface area contributed by atoms with Crippen LogP contribution in [-0.2, 0) is 17.6 Å². The Bertz CT molecular complexity index is 895. The van der Waals surface area contributed by atoms with Crippen molar-refractivity contribution in [2.75, 3.05) is 11.1 Å². The molecule has 1 N–H and O–H groups in total. The maximum absolute atomic E-state index is 12.2. The predicted molar refractivity (Wildman–Crippen MR) is 104 cm³/mol. The second-order valence-corrected chi connectivity index (χ2v) is 8.06. The number of anilines is 1. The van der Waals surface area contributed by atoms with Gasteiger partial charge in [-0.3, -0.25) is 4.79 Å². The SMILES string of the molecule is Cc1c(C#N)c(SCC(=O)Nc2ccc(Br)cc2Cl)nc2c1CCC2. The number of benzene rings is 1. The molecule has 0 saturated carbocycles. The zero-order valence-electron chi connectivity index (χ0n) is 13.5. The topological polar surface area (TPSA) is 65.8 Å². The van der Waals surface area contributed by atoms with E-state index in [1.165, 1.54) is 17.3 Å². The Morgan fingerprint density at radius 1 is 1.48 bits per heavy atom. The number of nitriles is 1. The molecule has 1 amide bonds. The number of hydrogen-bond acceptors (Lipinski definition) is 4. The molecule has 7 heteroatoms. The van der Waals surface area contributed by atoms with Gasteiger partial charge in [0.15, 0.2) is 0 Å². The summed E-state index contributed by atoms with van der Waals surface area (Å²) in [7, 11) is 0. The van der Waals surface area contributed by atoms with Gasteiger partial charge in [0, 0.05) is 10.2 Å². The molecular weight excluding hydrogens is 422 g/mol. The lowest BCUT2D eigenvalue weighted by Crippen LogP contribution is -2.15. The molecule has 4 nitrogen and oxygen atoms in total. The zero-order chi connectivity index (χ0) is 18.0. The fraction of sp³-hybridized carbons (Fsp3) is 0.278. The first-order valence-corrected chi connectivity index (χ1v) is 9.95. The van der Waals surface area contributed by atoms with E-state index in [4.69, 9.17) is 11.6 Å². The third kappa shape index (κ3) is 4.00. The van der Waals surface area contributed by atoms with E-state index in [2.05, 4.69) is 32.3 Å². The summed E-state index contributed by atoms with van der Waals surface area (Å²) >= 11 is 10.7. The molecule has 3 rings (SSSR count). The highest BCUT2D eigenvalue weighted by Crippen LogP contribution is 2.32. The molecule has 1 aliphatic rings. The molecule has 0 fully saturated rings. The lowest BCUT2D eigenvalue weighted by molar-refractivity contribution is -0.113. The number of hydrogen-bond donors (Lipinski definition) is 1. The number of fused-ring (bicyclic) bond motifs is 1. The minimum atomic E-state index is -0.182. The first-order valence-electron chi connectivity index (χ1n) is 7.79. The Morgan fingerprint density at radius 3 is 3.00 bits per heavy atom. The summed E-state index contributed by atoms with van der Waals surface area (Å²) in [5.74, 6) is -0.00943. The fourth-order valence-corrected chi connectivity index (χ4v) is 4.47. The number of rotatable bonds is 4. The molecule has 0 spiro atoms. The maximum Gasteiger partial charge on any atom is 0.234 e. The summed E-state index contributed by atoms with van der Waals surface area (Å²) in [6, 6.07) is 7.52. The molecule has 0 bridgehead atoms. The highest BCUT2D eigenvalue weighted by atomic mass is 79.9. The van der Waals surface area contributed by atoms with Crippen LogP contribution in [0.3, 0.4) is 0 Å². The molecule has 1 aromatic carbocycles. The molecule has 1 heterocycles. The van der Waals surface area contributed by atoms with Crippen molar-refractivity contribution in [2.45, 2.75) is 31.2 Å². The molecule has 0 radical (unpaired) electrons. The lowest BCUT2D eigenvalue weighted by atomic mass is 10.0. The number of aromatic nitrogens is 1. The predicted octanol–water partition coefficient (Wildman–Crippen LogP) is 4.90. The quantitative estimate of drug-likeness (QED) is 0.693. The van der Waals surface area contributed by atoms with Gasteiger partial charge in [0.05, 0.1) is 22.0 Å². The van der Waals surface area contributed by atoms with Crippen molar-refractivity contribution in [1.29, 1.82) is 5.26 Å². The van der Waals surface area contributed by atoms with Gasteiger partial charge in [-0.15, -0.1) is 0 Å². The van der Waals surface area contributed by atoms with Gasteiger partial charge in [-0.05, 0) is 55.5 Å². The second-order valence-electron chi connectivity index (χ2n) is 5.77. The average Bonchev–Trinajstić information content (AvgIpc) is 3.04. The first kappa shape index (κ1) is 18.2. The van der Waals surface area contributed by atoms with E-state index in [1.54, 1.807) is 12.1 Å². The number of thioether (sulfide) groups is 1. The first-order chi connectivity index (χ1) is 12.0. The molecule has 25 heavy (non-hydrogen) atoms. The van der Waals surface area contributed by atoms with Crippen LogP contribution >= 0.6 is 39.3 Å². The van der Waals surface area contributed by atoms with Crippen LogP contribution in [0.1, 0.15) is 28.8 Å². The van der Waals surface area contributed by atoms with Crippen molar-refractivity contribution in [3.05, 3.63) is 50.1 Å². The highest BCUT2D eigenvalue weighted by molar-refractivity contribution is 9.10. The van der Waals surface area contributed by atoms with Gasteiger partial charge in [-0.2, -0.15) is 5.26 Å². The Labute approximate surface area is 164 Å². The third-order valence-corrected chi connectivity index (χ3v) is 5.91. The van der Waals surface area contributed by atoms with Gasteiger partial charge in [-0.25, -0.2) is 4.98 Å². The molecular formula is C18H15BrClN3OS. The Kier molecular flexibility index (Phi) is 5.67. The molecule has 0 atom stereocenters. The molecule has 1 aliphatic carbocycles. The Morgan fingerprint density at radius 2 is 2.28 bits per heavy atom. The van der Waals surface area contributed by atoms with Crippen LogP contribution < -0.4 is 5.32 Å². The van der Waals surface area contributed by atoms with Crippen LogP contribution in [0.25, 0.3) is 0 Å². The lowest BCUT2D eigenvalue weighted by Gasteiger charge is -2.11. The van der Waals surface area contributed by atoms with E-state index in [0.29, 0.717) is 21.3 Å². The summed E-state index contributed by atoms with van der Waals surface area (Å²) in [6.07, 6.45) is 3.00. The number of nitrogens with one attached hydrogen (secondary N) is 1. The number of nitrogens with zero attached hydrogens (tertiary/aromatic N) is 2. The van der Waals surface area contributed by atoms with Crippen LogP contribution in [0.5, 0.6) is 0 Å². The molecule has 128 valence electrons. The number of carbonyl (C=O) groups excluding carboxylic acids is 1. The van der Waals surface area contributed by atoms with E-state index in [-0.39, 0.29) is 11.7 Å². The molecule has 1 aromatic heterocycles. The van der Waals surface area contributed by atoms with E-state index in [1.807, 2.05) is 13.0 Å². The fourth-order valence-electron chi connectivity index (χ4n) is 2.89. The van der Waals surface area contributed by atoms with Crippen molar-refractivity contribution in [3.63, 3.8) is 0 Å². The standard InChI is InChI=1S/C18H15BrClN3OS/c1-10-12-3-2-4-15(12)23-18(13(10)8-21)25-9-17(24)22-16-6-5-11(19)7-14(16)20/h5-7H,2-4,9H2,1H3,(H,22,24). The van der Waals surface area contributed by atoms with Crippen LogP contribution in [-0.4, -0.2) is 16.6 Å². The summed E-state index contributed by atoms with van der Waals surface area (Å²) < 4.78 is 0.848. The van der Waals surface area contributed by atoms with E-state index in [0.717, 1.165) is 35.0 Å². The van der Waals surface area contributed by atoms with E-state index in [9.17, 15) is 10.1 Å². The normalized spacial score (nSPS) is 12.6. The largest absolute Gasteiger partial charge is 0.324 e. The van der Waals surface area contributed by atoms with Crippen LogP contribution in [0, 0.1) is 18.3 Å². The third-order valence-electron chi connectivity index (χ3n) is 4.12. The minimum Gasteiger partial charge on any atom is -0.324 e. The summed E-state index contributed by atoms with van der Waals surface area (Å²) in [6.45, 7) is 1.97. The van der Waals surface area contributed by atoms with Crippen molar-refractivity contribution >= 4 is 50.9 Å². The molecule has 2 aromatic rings. The molecule has 0 aliphatic heterocycles. The number of amides is 1. The van der Waals surface area contributed by atoms with Gasteiger partial charge in [0.25, 0.3) is 0 Å². The Balaban J connectivity index is 1.72. The number of aryl methyl sites for hydroxylation is 1. The van der Waals surface area contributed by atoms with Crippen LogP contribution in [0.4, 0.5) is 5.69 Å². The van der Waals surface area contributed by atoms with Gasteiger partial charge >= 0.3 is 0 Å². The highest BCUT2D eigenvalue weighted by Gasteiger charge is 2.21. The van der Waals surface area contributed by atoms with E-state index < -0.39 is 0 Å².